The summed E-state index contributed by atoms with van der Waals surface area (Å²) in [6.07, 6.45) is 3.86. The molecule has 3 aromatic rings. The van der Waals surface area contributed by atoms with Gasteiger partial charge in [0.25, 0.3) is 5.91 Å². The molecule has 0 spiro atoms. The summed E-state index contributed by atoms with van der Waals surface area (Å²) in [7, 11) is 0. The van der Waals surface area contributed by atoms with E-state index < -0.39 is 0 Å². The Morgan fingerprint density at radius 2 is 1.82 bits per heavy atom. The van der Waals surface area contributed by atoms with E-state index in [1.807, 2.05) is 60.4 Å². The minimum atomic E-state index is 0.0473. The quantitative estimate of drug-likeness (QED) is 0.522. The molecule has 0 atom stereocenters. The zero-order chi connectivity index (χ0) is 23.0. The summed E-state index contributed by atoms with van der Waals surface area (Å²) in [6.45, 7) is 7.41. The number of hydrogen-bond acceptors (Lipinski definition) is 7. The Bertz CT molecular complexity index is 1050. The Morgan fingerprint density at radius 1 is 1.03 bits per heavy atom. The van der Waals surface area contributed by atoms with Crippen molar-refractivity contribution in [1.82, 2.24) is 19.9 Å². The number of hydrogen-bond donors (Lipinski definition) is 1. The number of amides is 1. The summed E-state index contributed by atoms with van der Waals surface area (Å²) in [4.78, 5) is 30.4. The van der Waals surface area contributed by atoms with E-state index in [4.69, 9.17) is 4.74 Å². The van der Waals surface area contributed by atoms with Gasteiger partial charge in [0, 0.05) is 44.0 Å². The minimum absolute atomic E-state index is 0.0473. The highest BCUT2D eigenvalue weighted by Gasteiger charge is 2.23. The number of benzene rings is 1. The van der Waals surface area contributed by atoms with Crippen LogP contribution in [0.2, 0.25) is 0 Å². The standard InChI is InChI=1S/C25H30N6O2/c1-3-4-17-33-21-10-8-20(9-11-21)25(32)31-15-13-30(14-16-31)24-18-23(27-19(2)28-24)29-22-7-5-6-12-26-22/h5-12,18H,3-4,13-17H2,1-2H3,(H,26,27,28,29). The van der Waals surface area contributed by atoms with Crippen LogP contribution in [0.5, 0.6) is 5.75 Å². The van der Waals surface area contributed by atoms with Crippen molar-refractivity contribution in [3.05, 3.63) is 66.1 Å². The molecule has 2 aromatic heterocycles. The lowest BCUT2D eigenvalue weighted by Gasteiger charge is -2.35. The second-order valence-electron chi connectivity index (χ2n) is 8.00. The Hall–Kier alpha value is -3.68. The number of carbonyl (C=O) groups excluding carboxylic acids is 1. The third-order valence-electron chi connectivity index (χ3n) is 5.50. The molecule has 0 saturated carbocycles. The molecule has 3 heterocycles. The third-order valence-corrected chi connectivity index (χ3v) is 5.50. The third kappa shape index (κ3) is 5.97. The van der Waals surface area contributed by atoms with Crippen molar-refractivity contribution in [2.75, 3.05) is 43.0 Å². The van der Waals surface area contributed by atoms with Crippen molar-refractivity contribution < 1.29 is 9.53 Å². The molecule has 33 heavy (non-hydrogen) atoms. The van der Waals surface area contributed by atoms with Gasteiger partial charge >= 0.3 is 0 Å². The van der Waals surface area contributed by atoms with Gasteiger partial charge in [0.2, 0.25) is 0 Å². The second-order valence-corrected chi connectivity index (χ2v) is 8.00. The number of nitrogens with zero attached hydrogens (tertiary/aromatic N) is 5. The van der Waals surface area contributed by atoms with Crippen molar-refractivity contribution in [2.45, 2.75) is 26.7 Å². The van der Waals surface area contributed by atoms with Crippen LogP contribution in [0.15, 0.2) is 54.7 Å². The Balaban J connectivity index is 1.35. The van der Waals surface area contributed by atoms with Crippen LogP contribution in [0.25, 0.3) is 0 Å². The molecule has 8 nitrogen and oxygen atoms in total. The maximum absolute atomic E-state index is 13.0. The molecule has 0 bridgehead atoms. The van der Waals surface area contributed by atoms with Crippen LogP contribution in [-0.2, 0) is 0 Å². The van der Waals surface area contributed by atoms with Crippen molar-refractivity contribution >= 4 is 23.4 Å². The van der Waals surface area contributed by atoms with Crippen molar-refractivity contribution in [3.8, 4) is 5.75 Å². The van der Waals surface area contributed by atoms with Gasteiger partial charge < -0.3 is 19.9 Å². The highest BCUT2D eigenvalue weighted by atomic mass is 16.5. The summed E-state index contributed by atoms with van der Waals surface area (Å²) in [5.41, 5.74) is 0.686. The summed E-state index contributed by atoms with van der Waals surface area (Å²) in [6, 6.07) is 15.1. The van der Waals surface area contributed by atoms with Gasteiger partial charge in [-0.2, -0.15) is 0 Å². The Kier molecular flexibility index (Phi) is 7.34. The molecule has 1 aromatic carbocycles. The van der Waals surface area contributed by atoms with Crippen molar-refractivity contribution in [1.29, 1.82) is 0 Å². The SMILES string of the molecule is CCCCOc1ccc(C(=O)N2CCN(c3cc(Nc4ccccn4)nc(C)n3)CC2)cc1. The number of rotatable bonds is 8. The first kappa shape index (κ1) is 22.5. The maximum Gasteiger partial charge on any atom is 0.253 e. The molecule has 0 radical (unpaired) electrons. The highest BCUT2D eigenvalue weighted by Crippen LogP contribution is 2.21. The van der Waals surface area contributed by atoms with Crippen LogP contribution >= 0.6 is 0 Å². The fraction of sp³-hybridized carbons (Fsp3) is 0.360. The normalized spacial score (nSPS) is 13.6. The molecule has 0 unspecified atom stereocenters. The number of pyridine rings is 1. The molecule has 1 aliphatic heterocycles. The van der Waals surface area contributed by atoms with E-state index in [1.54, 1.807) is 6.20 Å². The lowest BCUT2D eigenvalue weighted by molar-refractivity contribution is 0.0746. The van der Waals surface area contributed by atoms with E-state index >= 15 is 0 Å². The van der Waals surface area contributed by atoms with E-state index in [1.165, 1.54) is 0 Å². The van der Waals surface area contributed by atoms with Gasteiger partial charge in [0.1, 0.15) is 29.0 Å². The predicted octanol–water partition coefficient (Wildman–Crippen LogP) is 4.06. The average Bonchev–Trinajstić information content (AvgIpc) is 2.85. The van der Waals surface area contributed by atoms with Gasteiger partial charge in [-0.25, -0.2) is 15.0 Å². The summed E-state index contributed by atoms with van der Waals surface area (Å²) >= 11 is 0. The molecule has 0 aliphatic carbocycles. The molecule has 1 aliphatic rings. The monoisotopic (exact) mass is 446 g/mol. The van der Waals surface area contributed by atoms with Crippen molar-refractivity contribution in [3.63, 3.8) is 0 Å². The van der Waals surface area contributed by atoms with Crippen LogP contribution < -0.4 is 15.0 Å². The fourth-order valence-electron chi connectivity index (χ4n) is 3.70. The number of ether oxygens (including phenoxy) is 1. The van der Waals surface area contributed by atoms with E-state index in [9.17, 15) is 4.79 Å². The number of unbranched alkanes of at least 4 members (excludes halogenated alkanes) is 1. The molecule has 4 rings (SSSR count). The van der Waals surface area contributed by atoms with Crippen LogP contribution in [-0.4, -0.2) is 58.5 Å². The lowest BCUT2D eigenvalue weighted by atomic mass is 10.1. The van der Waals surface area contributed by atoms with Crippen molar-refractivity contribution in [2.24, 2.45) is 0 Å². The number of anilines is 3. The zero-order valence-electron chi connectivity index (χ0n) is 19.2. The molecular weight excluding hydrogens is 416 g/mol. The lowest BCUT2D eigenvalue weighted by Crippen LogP contribution is -2.49. The Morgan fingerprint density at radius 3 is 2.52 bits per heavy atom. The smallest absolute Gasteiger partial charge is 0.253 e. The van der Waals surface area contributed by atoms with Gasteiger partial charge in [-0.05, 0) is 49.7 Å². The fourth-order valence-corrected chi connectivity index (χ4v) is 3.70. The van der Waals surface area contributed by atoms with Crippen LogP contribution in [0, 0.1) is 6.92 Å². The molecule has 1 saturated heterocycles. The van der Waals surface area contributed by atoms with Crippen LogP contribution in [0.3, 0.4) is 0 Å². The average molecular weight is 447 g/mol. The largest absolute Gasteiger partial charge is 0.494 e. The second kappa shape index (κ2) is 10.8. The molecule has 172 valence electrons. The van der Waals surface area contributed by atoms with Gasteiger partial charge in [0.05, 0.1) is 6.61 Å². The van der Waals surface area contributed by atoms with Crippen LogP contribution in [0.4, 0.5) is 17.5 Å². The minimum Gasteiger partial charge on any atom is -0.494 e. The highest BCUT2D eigenvalue weighted by molar-refractivity contribution is 5.94. The number of aromatic nitrogens is 3. The molecule has 1 N–H and O–H groups in total. The molecule has 8 heteroatoms. The van der Waals surface area contributed by atoms with E-state index in [0.29, 0.717) is 50.0 Å². The van der Waals surface area contributed by atoms with E-state index in [-0.39, 0.29) is 5.91 Å². The molecular formula is C25H30N6O2. The number of carbonyl (C=O) groups is 1. The number of piperazine rings is 1. The first-order valence-electron chi connectivity index (χ1n) is 11.4. The zero-order valence-corrected chi connectivity index (χ0v) is 19.2. The van der Waals surface area contributed by atoms with Gasteiger partial charge in [-0.3, -0.25) is 4.79 Å². The van der Waals surface area contributed by atoms with Crippen LogP contribution in [0.1, 0.15) is 35.9 Å². The number of nitrogens with one attached hydrogen (secondary N) is 1. The van der Waals surface area contributed by atoms with Gasteiger partial charge in [-0.1, -0.05) is 19.4 Å². The number of aryl methyl sites for hydroxylation is 1. The van der Waals surface area contributed by atoms with Gasteiger partial charge in [0.15, 0.2) is 0 Å². The summed E-state index contributed by atoms with van der Waals surface area (Å²) < 4.78 is 5.69. The van der Waals surface area contributed by atoms with Gasteiger partial charge in [-0.15, -0.1) is 0 Å². The van der Waals surface area contributed by atoms with E-state index in [0.717, 1.165) is 30.2 Å². The van der Waals surface area contributed by atoms with E-state index in [2.05, 4.69) is 32.1 Å². The molecule has 1 amide bonds. The summed E-state index contributed by atoms with van der Waals surface area (Å²) in [5, 5.41) is 3.23. The topological polar surface area (TPSA) is 83.5 Å². The Labute approximate surface area is 194 Å². The molecule has 1 fully saturated rings. The summed E-state index contributed by atoms with van der Waals surface area (Å²) in [5.74, 6) is 3.83. The first-order valence-corrected chi connectivity index (χ1v) is 11.4. The predicted molar refractivity (Wildman–Crippen MR) is 129 cm³/mol. The first-order chi connectivity index (χ1) is 16.1. The maximum atomic E-state index is 13.0.